The number of rotatable bonds is 7. The van der Waals surface area contributed by atoms with Crippen molar-refractivity contribution in [1.29, 1.82) is 0 Å². The van der Waals surface area contributed by atoms with Crippen molar-refractivity contribution in [2.45, 2.75) is 32.5 Å². The first-order chi connectivity index (χ1) is 13.8. The van der Waals surface area contributed by atoms with E-state index < -0.39 is 0 Å². The number of ketones is 1. The van der Waals surface area contributed by atoms with Gasteiger partial charge in [0.25, 0.3) is 5.56 Å². The first kappa shape index (κ1) is 21.6. The number of aromatic nitrogens is 2. The minimum atomic E-state index is -0.166. The third kappa shape index (κ3) is 4.71. The van der Waals surface area contributed by atoms with Gasteiger partial charge in [0.15, 0.2) is 10.9 Å². The molecule has 0 amide bonds. The van der Waals surface area contributed by atoms with E-state index in [9.17, 15) is 9.59 Å². The lowest BCUT2D eigenvalue weighted by Crippen LogP contribution is -2.25. The predicted molar refractivity (Wildman–Crippen MR) is 119 cm³/mol. The number of fused-ring (bicyclic) bond motifs is 1. The fourth-order valence-electron chi connectivity index (χ4n) is 3.13. The molecule has 0 N–H and O–H groups in total. The molecular formula is C22H23ClN2O3S. The van der Waals surface area contributed by atoms with Crippen LogP contribution >= 0.6 is 23.4 Å². The van der Waals surface area contributed by atoms with Gasteiger partial charge in [-0.3, -0.25) is 14.2 Å². The zero-order chi connectivity index (χ0) is 21.1. The van der Waals surface area contributed by atoms with Crippen LogP contribution in [0.15, 0.2) is 40.3 Å². The Morgan fingerprint density at radius 3 is 2.59 bits per heavy atom. The van der Waals surface area contributed by atoms with Crippen molar-refractivity contribution in [3.05, 3.63) is 68.0 Å². The molecule has 0 aliphatic heterocycles. The van der Waals surface area contributed by atoms with Gasteiger partial charge in [0, 0.05) is 17.7 Å². The monoisotopic (exact) mass is 430 g/mol. The van der Waals surface area contributed by atoms with Gasteiger partial charge in [0.1, 0.15) is 0 Å². The Morgan fingerprint density at radius 2 is 1.86 bits per heavy atom. The summed E-state index contributed by atoms with van der Waals surface area (Å²) in [7, 11) is 1.58. The van der Waals surface area contributed by atoms with Gasteiger partial charge in [-0.05, 0) is 61.7 Å². The van der Waals surface area contributed by atoms with Crippen LogP contribution in [0.2, 0.25) is 5.02 Å². The minimum absolute atomic E-state index is 0.00864. The molecule has 1 heterocycles. The standard InChI is InChI=1S/C22H23ClN2O3S/c1-13-9-15(3)18(10-14(13)2)20(26)12-29-22-24-19-11-16(23)5-6-17(19)21(27)25(22)7-8-28-4/h5-6,9-11H,7-8,12H2,1-4H3. The van der Waals surface area contributed by atoms with Crippen LogP contribution in [-0.2, 0) is 11.3 Å². The molecular weight excluding hydrogens is 408 g/mol. The maximum Gasteiger partial charge on any atom is 0.262 e. The molecule has 2 aromatic carbocycles. The van der Waals surface area contributed by atoms with Crippen LogP contribution < -0.4 is 5.56 Å². The van der Waals surface area contributed by atoms with Gasteiger partial charge in [-0.25, -0.2) is 4.98 Å². The maximum absolute atomic E-state index is 12.9. The highest BCUT2D eigenvalue weighted by Crippen LogP contribution is 2.23. The summed E-state index contributed by atoms with van der Waals surface area (Å²) in [6.07, 6.45) is 0. The summed E-state index contributed by atoms with van der Waals surface area (Å²) in [4.78, 5) is 30.4. The fourth-order valence-corrected chi connectivity index (χ4v) is 4.21. The lowest BCUT2D eigenvalue weighted by Gasteiger charge is -2.13. The maximum atomic E-state index is 12.9. The normalized spacial score (nSPS) is 11.2. The second-order valence-electron chi connectivity index (χ2n) is 6.97. The Balaban J connectivity index is 1.95. The zero-order valence-electron chi connectivity index (χ0n) is 16.9. The molecule has 0 spiro atoms. The highest BCUT2D eigenvalue weighted by Gasteiger charge is 2.16. The Labute approximate surface area is 179 Å². The van der Waals surface area contributed by atoms with E-state index in [1.807, 2.05) is 32.9 Å². The molecule has 5 nitrogen and oxygen atoms in total. The van der Waals surface area contributed by atoms with Crippen molar-refractivity contribution in [1.82, 2.24) is 9.55 Å². The van der Waals surface area contributed by atoms with Crippen molar-refractivity contribution >= 4 is 40.0 Å². The summed E-state index contributed by atoms with van der Waals surface area (Å²) in [5.74, 6) is 0.198. The number of nitrogens with zero attached hydrogens (tertiary/aromatic N) is 2. The van der Waals surface area contributed by atoms with Crippen molar-refractivity contribution < 1.29 is 9.53 Å². The summed E-state index contributed by atoms with van der Waals surface area (Å²) >= 11 is 7.33. The molecule has 0 saturated heterocycles. The summed E-state index contributed by atoms with van der Waals surface area (Å²) in [5.41, 5.74) is 4.26. The highest BCUT2D eigenvalue weighted by atomic mass is 35.5. The predicted octanol–water partition coefficient (Wildman–Crippen LogP) is 4.60. The molecule has 0 atom stereocenters. The molecule has 152 valence electrons. The first-order valence-corrected chi connectivity index (χ1v) is 10.6. The largest absolute Gasteiger partial charge is 0.383 e. The van der Waals surface area contributed by atoms with Gasteiger partial charge in [0.2, 0.25) is 0 Å². The fraction of sp³-hybridized carbons (Fsp3) is 0.318. The Morgan fingerprint density at radius 1 is 1.14 bits per heavy atom. The van der Waals surface area contributed by atoms with Gasteiger partial charge in [0.05, 0.1) is 29.8 Å². The van der Waals surface area contributed by atoms with Gasteiger partial charge < -0.3 is 4.74 Å². The molecule has 0 aliphatic carbocycles. The second-order valence-corrected chi connectivity index (χ2v) is 8.35. The quantitative estimate of drug-likeness (QED) is 0.311. The van der Waals surface area contributed by atoms with Gasteiger partial charge >= 0.3 is 0 Å². The van der Waals surface area contributed by atoms with E-state index in [-0.39, 0.29) is 17.1 Å². The summed E-state index contributed by atoms with van der Waals surface area (Å²) in [6, 6.07) is 8.97. The smallest absolute Gasteiger partial charge is 0.262 e. The van der Waals surface area contributed by atoms with E-state index >= 15 is 0 Å². The lowest BCUT2D eigenvalue weighted by molar-refractivity contribution is 0.102. The molecule has 0 fully saturated rings. The van der Waals surface area contributed by atoms with Gasteiger partial charge in [-0.2, -0.15) is 0 Å². The Bertz CT molecular complexity index is 1140. The topological polar surface area (TPSA) is 61.2 Å². The molecule has 0 saturated carbocycles. The van der Waals surface area contributed by atoms with Crippen LogP contribution in [0.3, 0.4) is 0 Å². The van der Waals surface area contributed by atoms with Crippen LogP contribution in [0.4, 0.5) is 0 Å². The van der Waals surface area contributed by atoms with Crippen LogP contribution in [0.25, 0.3) is 10.9 Å². The lowest BCUT2D eigenvalue weighted by atomic mass is 9.99. The van der Waals surface area contributed by atoms with E-state index in [0.29, 0.717) is 39.8 Å². The van der Waals surface area contributed by atoms with Crippen LogP contribution in [0.1, 0.15) is 27.0 Å². The van der Waals surface area contributed by atoms with E-state index in [2.05, 4.69) is 4.98 Å². The average Bonchev–Trinajstić information content (AvgIpc) is 2.68. The van der Waals surface area contributed by atoms with Crippen molar-refractivity contribution in [3.63, 3.8) is 0 Å². The molecule has 0 radical (unpaired) electrons. The highest BCUT2D eigenvalue weighted by molar-refractivity contribution is 7.99. The van der Waals surface area contributed by atoms with E-state index in [4.69, 9.17) is 16.3 Å². The third-order valence-electron chi connectivity index (χ3n) is 4.87. The number of hydrogen-bond acceptors (Lipinski definition) is 5. The molecule has 7 heteroatoms. The summed E-state index contributed by atoms with van der Waals surface area (Å²) < 4.78 is 6.70. The van der Waals surface area contributed by atoms with Gasteiger partial charge in [-0.15, -0.1) is 0 Å². The summed E-state index contributed by atoms with van der Waals surface area (Å²) in [5, 5.41) is 1.49. The number of carbonyl (C=O) groups excluding carboxylic acids is 1. The SMILES string of the molecule is COCCn1c(SCC(=O)c2cc(C)c(C)cc2C)nc2cc(Cl)ccc2c1=O. The van der Waals surface area contributed by atoms with Crippen LogP contribution in [0.5, 0.6) is 0 Å². The number of halogens is 1. The van der Waals surface area contributed by atoms with Crippen LogP contribution in [-0.4, -0.2) is 34.8 Å². The van der Waals surface area contributed by atoms with Crippen molar-refractivity contribution in [2.24, 2.45) is 0 Å². The Kier molecular flexibility index (Phi) is 6.77. The van der Waals surface area contributed by atoms with Crippen molar-refractivity contribution in [2.75, 3.05) is 19.5 Å². The van der Waals surface area contributed by atoms with E-state index in [0.717, 1.165) is 16.7 Å². The first-order valence-electron chi connectivity index (χ1n) is 9.24. The average molecular weight is 431 g/mol. The molecule has 3 rings (SSSR count). The summed E-state index contributed by atoms with van der Waals surface area (Å²) in [6.45, 7) is 6.70. The molecule has 29 heavy (non-hydrogen) atoms. The minimum Gasteiger partial charge on any atom is -0.383 e. The van der Waals surface area contributed by atoms with Crippen LogP contribution in [0, 0.1) is 20.8 Å². The number of aryl methyl sites for hydroxylation is 3. The number of carbonyl (C=O) groups is 1. The van der Waals surface area contributed by atoms with Gasteiger partial charge in [-0.1, -0.05) is 29.4 Å². The molecule has 0 bridgehead atoms. The number of ether oxygens (including phenoxy) is 1. The third-order valence-corrected chi connectivity index (χ3v) is 6.09. The van der Waals surface area contributed by atoms with E-state index in [1.165, 1.54) is 11.8 Å². The number of hydrogen-bond donors (Lipinski definition) is 0. The van der Waals surface area contributed by atoms with Crippen molar-refractivity contribution in [3.8, 4) is 0 Å². The zero-order valence-corrected chi connectivity index (χ0v) is 18.5. The molecule has 0 aliphatic rings. The number of benzene rings is 2. The number of methoxy groups -OCH3 is 1. The molecule has 3 aromatic rings. The second kappa shape index (κ2) is 9.11. The Hall–Kier alpha value is -2.15. The number of Topliss-reactive ketones (excluding diaryl/α,β-unsaturated/α-hetero) is 1. The van der Waals surface area contributed by atoms with E-state index in [1.54, 1.807) is 29.9 Å². The number of thioether (sulfide) groups is 1. The molecule has 1 aromatic heterocycles. The molecule has 0 unspecified atom stereocenters.